The van der Waals surface area contributed by atoms with E-state index in [1.165, 1.54) is 17.3 Å². The van der Waals surface area contributed by atoms with E-state index in [1.54, 1.807) is 7.11 Å². The summed E-state index contributed by atoms with van der Waals surface area (Å²) in [5.41, 5.74) is 1.19. The Balaban J connectivity index is 2.02. The maximum Gasteiger partial charge on any atom is 0.220 e. The van der Waals surface area contributed by atoms with Crippen LogP contribution >= 0.6 is 24.0 Å². The minimum absolute atomic E-state index is 0.532. The van der Waals surface area contributed by atoms with Crippen LogP contribution < -0.4 is 0 Å². The van der Waals surface area contributed by atoms with Crippen molar-refractivity contribution in [2.24, 2.45) is 0 Å². The molecule has 1 rings (SSSR count). The molecule has 4 heteroatoms. The molecule has 0 spiro atoms. The van der Waals surface area contributed by atoms with Gasteiger partial charge < -0.3 is 9.47 Å². The zero-order valence-electron chi connectivity index (χ0n) is 10.3. The summed E-state index contributed by atoms with van der Waals surface area (Å²) < 4.78 is 10.9. The second kappa shape index (κ2) is 9.95. The molecular formula is C14H16O2S2. The third-order valence-corrected chi connectivity index (χ3v) is 3.25. The average Bonchev–Trinajstić information content (AvgIpc) is 2.42. The molecule has 96 valence electrons. The molecule has 0 aliphatic rings. The Morgan fingerprint density at radius 2 is 2.06 bits per heavy atom. The smallest absolute Gasteiger partial charge is 0.220 e. The van der Waals surface area contributed by atoms with Gasteiger partial charge in [0.25, 0.3) is 0 Å². The minimum atomic E-state index is 0.532. The van der Waals surface area contributed by atoms with Crippen LogP contribution in [-0.2, 0) is 16.1 Å². The van der Waals surface area contributed by atoms with Crippen molar-refractivity contribution in [1.82, 2.24) is 0 Å². The number of hydrogen-bond acceptors (Lipinski definition) is 4. The number of methoxy groups -OCH3 is 1. The summed E-state index contributed by atoms with van der Waals surface area (Å²) in [6.07, 6.45) is 0.743. The van der Waals surface area contributed by atoms with Gasteiger partial charge in [0.05, 0.1) is 26.1 Å². The quantitative estimate of drug-likeness (QED) is 0.468. The number of thiocarbonyl (C=S) groups is 1. The van der Waals surface area contributed by atoms with Gasteiger partial charge in [-0.25, -0.2) is 0 Å². The van der Waals surface area contributed by atoms with Crippen LogP contribution in [0.15, 0.2) is 30.3 Å². The molecule has 0 aromatic heterocycles. The van der Waals surface area contributed by atoms with Crippen LogP contribution in [-0.4, -0.2) is 23.9 Å². The van der Waals surface area contributed by atoms with Crippen LogP contribution in [0.1, 0.15) is 12.0 Å². The van der Waals surface area contributed by atoms with E-state index in [4.69, 9.17) is 21.7 Å². The SMILES string of the molecule is COC(=S)SCC#CCCOCc1ccccc1. The summed E-state index contributed by atoms with van der Waals surface area (Å²) in [5, 5.41) is 0. The molecule has 0 aliphatic carbocycles. The lowest BCUT2D eigenvalue weighted by atomic mass is 10.2. The lowest BCUT2D eigenvalue weighted by molar-refractivity contribution is 0.126. The normalized spacial score (nSPS) is 9.39. The van der Waals surface area contributed by atoms with Crippen LogP contribution in [0.25, 0.3) is 0 Å². The van der Waals surface area contributed by atoms with Crippen LogP contribution in [0.2, 0.25) is 0 Å². The summed E-state index contributed by atoms with van der Waals surface area (Å²) >= 11 is 6.31. The van der Waals surface area contributed by atoms with E-state index in [9.17, 15) is 0 Å². The van der Waals surface area contributed by atoms with Gasteiger partial charge in [0, 0.05) is 6.42 Å². The predicted octanol–water partition coefficient (Wildman–Crippen LogP) is 3.26. The van der Waals surface area contributed by atoms with Crippen LogP contribution in [0, 0.1) is 11.8 Å². The van der Waals surface area contributed by atoms with Crippen molar-refractivity contribution in [1.29, 1.82) is 0 Å². The molecule has 0 N–H and O–H groups in total. The standard InChI is InChI=1S/C14H16O2S2/c1-15-14(17)18-11-7-3-6-10-16-12-13-8-4-2-5-9-13/h2,4-5,8-9H,6,10-12H2,1H3. The molecule has 0 bridgehead atoms. The van der Waals surface area contributed by atoms with Crippen molar-refractivity contribution in [3.63, 3.8) is 0 Å². The maximum absolute atomic E-state index is 5.51. The first-order valence-electron chi connectivity index (χ1n) is 5.61. The Morgan fingerprint density at radius 3 is 2.78 bits per heavy atom. The number of benzene rings is 1. The highest BCUT2D eigenvalue weighted by molar-refractivity contribution is 8.22. The molecule has 0 radical (unpaired) electrons. The summed E-state index contributed by atoms with van der Waals surface area (Å²) in [6, 6.07) is 10.1. The van der Waals surface area contributed by atoms with Crippen molar-refractivity contribution in [2.45, 2.75) is 13.0 Å². The highest BCUT2D eigenvalue weighted by Crippen LogP contribution is 2.03. The lowest BCUT2D eigenvalue weighted by Gasteiger charge is -2.01. The topological polar surface area (TPSA) is 18.5 Å². The molecule has 0 amide bonds. The molecule has 2 nitrogen and oxygen atoms in total. The van der Waals surface area contributed by atoms with E-state index in [0.717, 1.165) is 6.42 Å². The Hall–Kier alpha value is -1.02. The molecule has 0 heterocycles. The Morgan fingerprint density at radius 1 is 1.28 bits per heavy atom. The van der Waals surface area contributed by atoms with E-state index in [-0.39, 0.29) is 0 Å². The van der Waals surface area contributed by atoms with Crippen molar-refractivity contribution in [3.8, 4) is 11.8 Å². The van der Waals surface area contributed by atoms with Crippen LogP contribution in [0.4, 0.5) is 0 Å². The van der Waals surface area contributed by atoms with Crippen LogP contribution in [0.3, 0.4) is 0 Å². The highest BCUT2D eigenvalue weighted by Gasteiger charge is 1.92. The van der Waals surface area contributed by atoms with Gasteiger partial charge in [0.1, 0.15) is 0 Å². The summed E-state index contributed by atoms with van der Waals surface area (Å²) in [7, 11) is 1.57. The fourth-order valence-electron chi connectivity index (χ4n) is 1.18. The fraction of sp³-hybridized carbons (Fsp3) is 0.357. The molecule has 0 aliphatic heterocycles. The van der Waals surface area contributed by atoms with Gasteiger partial charge in [-0.2, -0.15) is 0 Å². The molecule has 18 heavy (non-hydrogen) atoms. The number of ether oxygens (including phenoxy) is 2. The van der Waals surface area contributed by atoms with Gasteiger partial charge in [-0.1, -0.05) is 48.0 Å². The second-order valence-electron chi connectivity index (χ2n) is 3.38. The number of thioether (sulfide) groups is 1. The largest absolute Gasteiger partial charge is 0.482 e. The van der Waals surface area contributed by atoms with Crippen molar-refractivity contribution in [3.05, 3.63) is 35.9 Å². The first kappa shape index (κ1) is 15.0. The van der Waals surface area contributed by atoms with Crippen molar-refractivity contribution in [2.75, 3.05) is 19.5 Å². The van der Waals surface area contributed by atoms with Gasteiger partial charge in [-0.05, 0) is 17.8 Å². The van der Waals surface area contributed by atoms with Gasteiger partial charge >= 0.3 is 0 Å². The van der Waals surface area contributed by atoms with E-state index in [2.05, 4.69) is 11.8 Å². The van der Waals surface area contributed by atoms with Gasteiger partial charge in [-0.15, -0.1) is 5.92 Å². The van der Waals surface area contributed by atoms with Crippen molar-refractivity contribution < 1.29 is 9.47 Å². The van der Waals surface area contributed by atoms with Gasteiger partial charge in [-0.3, -0.25) is 0 Å². The second-order valence-corrected chi connectivity index (χ2v) is 4.96. The molecule has 0 unspecified atom stereocenters. The molecule has 1 aromatic carbocycles. The van der Waals surface area contributed by atoms with Crippen LogP contribution in [0.5, 0.6) is 0 Å². The molecule has 0 saturated carbocycles. The third kappa shape index (κ3) is 7.33. The van der Waals surface area contributed by atoms with Crippen molar-refractivity contribution >= 4 is 28.4 Å². The first-order valence-corrected chi connectivity index (χ1v) is 7.00. The molecule has 0 saturated heterocycles. The monoisotopic (exact) mass is 280 g/mol. The molecule has 1 aromatic rings. The lowest BCUT2D eigenvalue weighted by Crippen LogP contribution is -1.94. The molecule has 0 atom stereocenters. The summed E-state index contributed by atoms with van der Waals surface area (Å²) in [6.45, 7) is 1.30. The molecular weight excluding hydrogens is 264 g/mol. The maximum atomic E-state index is 5.51. The number of rotatable bonds is 5. The highest BCUT2D eigenvalue weighted by atomic mass is 32.2. The number of hydrogen-bond donors (Lipinski definition) is 0. The zero-order valence-corrected chi connectivity index (χ0v) is 12.0. The third-order valence-electron chi connectivity index (χ3n) is 2.04. The van der Waals surface area contributed by atoms with E-state index >= 15 is 0 Å². The minimum Gasteiger partial charge on any atom is -0.482 e. The van der Waals surface area contributed by atoms with Gasteiger partial charge in [0.2, 0.25) is 4.38 Å². The summed E-state index contributed by atoms with van der Waals surface area (Å²) in [5.74, 6) is 6.73. The average molecular weight is 280 g/mol. The Labute approximate surface area is 118 Å². The Kier molecular flexibility index (Phi) is 8.32. The summed E-state index contributed by atoms with van der Waals surface area (Å²) in [4.78, 5) is 0. The van der Waals surface area contributed by atoms with E-state index in [0.29, 0.717) is 23.3 Å². The Bertz CT molecular complexity index is 407. The van der Waals surface area contributed by atoms with E-state index < -0.39 is 0 Å². The van der Waals surface area contributed by atoms with Gasteiger partial charge in [0.15, 0.2) is 0 Å². The van der Waals surface area contributed by atoms with E-state index in [1.807, 2.05) is 30.3 Å². The fourth-order valence-corrected chi connectivity index (χ4v) is 1.77. The predicted molar refractivity (Wildman–Crippen MR) is 80.6 cm³/mol. The zero-order chi connectivity index (χ0) is 13.1. The first-order chi connectivity index (χ1) is 8.83. The molecule has 0 fully saturated rings.